The van der Waals surface area contributed by atoms with Crippen LogP contribution in [0.5, 0.6) is 5.88 Å². The zero-order valence-electron chi connectivity index (χ0n) is 19.4. The van der Waals surface area contributed by atoms with Crippen LogP contribution in [-0.2, 0) is 13.0 Å². The number of carbonyl (C=O) groups excluding carboxylic acids is 1. The summed E-state index contributed by atoms with van der Waals surface area (Å²) in [4.78, 5) is 22.8. The van der Waals surface area contributed by atoms with Crippen LogP contribution in [0, 0.1) is 0 Å². The Morgan fingerprint density at radius 2 is 1.97 bits per heavy atom. The number of hydrogen-bond acceptors (Lipinski definition) is 4. The van der Waals surface area contributed by atoms with Gasteiger partial charge in [0.1, 0.15) is 6.10 Å². The van der Waals surface area contributed by atoms with Crippen molar-refractivity contribution in [3.8, 4) is 5.88 Å². The van der Waals surface area contributed by atoms with Gasteiger partial charge in [0.05, 0.1) is 6.54 Å². The van der Waals surface area contributed by atoms with Gasteiger partial charge in [0.2, 0.25) is 5.88 Å². The van der Waals surface area contributed by atoms with Crippen molar-refractivity contribution in [1.29, 1.82) is 0 Å². The van der Waals surface area contributed by atoms with E-state index in [1.807, 2.05) is 43.3 Å². The highest BCUT2D eigenvalue weighted by Gasteiger charge is 2.17. The summed E-state index contributed by atoms with van der Waals surface area (Å²) in [6, 6.07) is 11.7. The van der Waals surface area contributed by atoms with Crippen molar-refractivity contribution in [3.63, 3.8) is 0 Å². The minimum atomic E-state index is 0.0170. The minimum absolute atomic E-state index is 0.0170. The van der Waals surface area contributed by atoms with Gasteiger partial charge in [0.15, 0.2) is 5.96 Å². The molecule has 1 aliphatic carbocycles. The predicted molar refractivity (Wildman–Crippen MR) is 128 cm³/mol. The molecule has 7 nitrogen and oxygen atoms in total. The van der Waals surface area contributed by atoms with Crippen molar-refractivity contribution < 1.29 is 9.53 Å². The second kappa shape index (κ2) is 12.1. The molecule has 0 aliphatic heterocycles. The maximum atomic E-state index is 12.2. The molecule has 1 fully saturated rings. The molecular formula is C25H35N5O2. The monoisotopic (exact) mass is 437 g/mol. The Hall–Kier alpha value is -3.09. The molecule has 1 heterocycles. The molecule has 0 unspecified atom stereocenters. The highest BCUT2D eigenvalue weighted by atomic mass is 16.5. The van der Waals surface area contributed by atoms with Crippen LogP contribution in [0.15, 0.2) is 47.6 Å². The molecule has 32 heavy (non-hydrogen) atoms. The van der Waals surface area contributed by atoms with Gasteiger partial charge in [-0.15, -0.1) is 0 Å². The fraction of sp³-hybridized carbons (Fsp3) is 0.480. The van der Waals surface area contributed by atoms with Crippen molar-refractivity contribution in [2.45, 2.75) is 51.7 Å². The maximum absolute atomic E-state index is 12.2. The van der Waals surface area contributed by atoms with E-state index in [1.165, 1.54) is 12.8 Å². The molecule has 2 N–H and O–H groups in total. The van der Waals surface area contributed by atoms with Crippen LogP contribution in [-0.4, -0.2) is 55.0 Å². The Kier molecular flexibility index (Phi) is 8.90. The number of aromatic nitrogens is 1. The molecule has 1 saturated carbocycles. The normalized spacial score (nSPS) is 14.3. The molecule has 0 saturated heterocycles. The van der Waals surface area contributed by atoms with Crippen LogP contribution in [0.4, 0.5) is 0 Å². The van der Waals surface area contributed by atoms with Gasteiger partial charge >= 0.3 is 0 Å². The molecule has 1 aliphatic rings. The first-order valence-electron chi connectivity index (χ1n) is 11.5. The number of amides is 1. The van der Waals surface area contributed by atoms with E-state index in [4.69, 9.17) is 9.73 Å². The third kappa shape index (κ3) is 7.25. The number of ether oxygens (including phenoxy) is 1. The first kappa shape index (κ1) is 23.6. The Labute approximate surface area is 191 Å². The SMILES string of the molecule is CCNC(=NCc1ccnc(OC2CCCC2)c1)NCCc1cccc(C(=O)N(C)C)c1. The number of pyridine rings is 1. The highest BCUT2D eigenvalue weighted by Crippen LogP contribution is 2.23. The van der Waals surface area contributed by atoms with E-state index in [2.05, 4.69) is 15.6 Å². The van der Waals surface area contributed by atoms with Crippen molar-refractivity contribution in [2.24, 2.45) is 4.99 Å². The van der Waals surface area contributed by atoms with Crippen LogP contribution in [0.1, 0.15) is 54.1 Å². The second-order valence-corrected chi connectivity index (χ2v) is 8.30. The lowest BCUT2D eigenvalue weighted by Crippen LogP contribution is -2.38. The van der Waals surface area contributed by atoms with Gasteiger partial charge in [-0.05, 0) is 68.4 Å². The van der Waals surface area contributed by atoms with E-state index in [1.54, 1.807) is 25.2 Å². The summed E-state index contributed by atoms with van der Waals surface area (Å²) in [6.45, 7) is 4.10. The number of nitrogens with one attached hydrogen (secondary N) is 2. The van der Waals surface area contributed by atoms with E-state index >= 15 is 0 Å². The number of carbonyl (C=O) groups is 1. The van der Waals surface area contributed by atoms with Gasteiger partial charge < -0.3 is 20.3 Å². The largest absolute Gasteiger partial charge is 0.474 e. The number of benzene rings is 1. The molecule has 0 radical (unpaired) electrons. The average Bonchev–Trinajstić information content (AvgIpc) is 3.30. The maximum Gasteiger partial charge on any atom is 0.253 e. The Morgan fingerprint density at radius 1 is 1.16 bits per heavy atom. The predicted octanol–water partition coefficient (Wildman–Crippen LogP) is 3.40. The summed E-state index contributed by atoms with van der Waals surface area (Å²) in [7, 11) is 3.53. The quantitative estimate of drug-likeness (QED) is 0.464. The molecule has 172 valence electrons. The highest BCUT2D eigenvalue weighted by molar-refractivity contribution is 5.94. The third-order valence-corrected chi connectivity index (χ3v) is 5.44. The Balaban J connectivity index is 1.54. The van der Waals surface area contributed by atoms with Crippen LogP contribution in [0.2, 0.25) is 0 Å². The van der Waals surface area contributed by atoms with Gasteiger partial charge in [-0.3, -0.25) is 4.79 Å². The standard InChI is InChI=1S/C25H35N5O2/c1-4-26-25(28-15-12-19-8-7-9-21(16-19)24(31)30(2)3)29-18-20-13-14-27-23(17-20)32-22-10-5-6-11-22/h7-9,13-14,16-17,22H,4-6,10-12,15,18H2,1-3H3,(H2,26,28,29). The molecule has 7 heteroatoms. The van der Waals surface area contributed by atoms with Crippen LogP contribution >= 0.6 is 0 Å². The lowest BCUT2D eigenvalue weighted by Gasteiger charge is -2.14. The molecule has 2 aromatic rings. The molecule has 1 aromatic heterocycles. The number of aliphatic imine (C=N–C) groups is 1. The number of guanidine groups is 1. The summed E-state index contributed by atoms with van der Waals surface area (Å²) in [5, 5.41) is 6.67. The summed E-state index contributed by atoms with van der Waals surface area (Å²) >= 11 is 0. The summed E-state index contributed by atoms with van der Waals surface area (Å²) in [5.74, 6) is 1.47. The molecule has 0 spiro atoms. The molecular weight excluding hydrogens is 402 g/mol. The topological polar surface area (TPSA) is 78.9 Å². The molecule has 1 amide bonds. The van der Waals surface area contributed by atoms with E-state index in [0.717, 1.165) is 49.4 Å². The third-order valence-electron chi connectivity index (χ3n) is 5.44. The average molecular weight is 438 g/mol. The van der Waals surface area contributed by atoms with E-state index < -0.39 is 0 Å². The molecule has 0 bridgehead atoms. The summed E-state index contributed by atoms with van der Waals surface area (Å²) < 4.78 is 6.01. The molecule has 1 aromatic carbocycles. The van der Waals surface area contributed by atoms with E-state index in [9.17, 15) is 4.79 Å². The fourth-order valence-corrected chi connectivity index (χ4v) is 3.75. The van der Waals surface area contributed by atoms with Gasteiger partial charge in [-0.25, -0.2) is 9.98 Å². The van der Waals surface area contributed by atoms with Gasteiger partial charge in [-0.2, -0.15) is 0 Å². The fourth-order valence-electron chi connectivity index (χ4n) is 3.75. The smallest absolute Gasteiger partial charge is 0.253 e. The second-order valence-electron chi connectivity index (χ2n) is 8.30. The number of nitrogens with zero attached hydrogens (tertiary/aromatic N) is 3. The van der Waals surface area contributed by atoms with Gasteiger partial charge in [0, 0.05) is 45.0 Å². The van der Waals surface area contributed by atoms with Crippen molar-refractivity contribution in [2.75, 3.05) is 27.2 Å². The van der Waals surface area contributed by atoms with Crippen molar-refractivity contribution in [3.05, 3.63) is 59.3 Å². The van der Waals surface area contributed by atoms with E-state index in [-0.39, 0.29) is 5.91 Å². The minimum Gasteiger partial charge on any atom is -0.474 e. The van der Waals surface area contributed by atoms with Crippen LogP contribution in [0.3, 0.4) is 0 Å². The van der Waals surface area contributed by atoms with Gasteiger partial charge in [-0.1, -0.05) is 12.1 Å². The summed E-state index contributed by atoms with van der Waals surface area (Å²) in [5.41, 5.74) is 2.89. The zero-order chi connectivity index (χ0) is 22.8. The molecule has 3 rings (SSSR count). The van der Waals surface area contributed by atoms with Crippen molar-refractivity contribution >= 4 is 11.9 Å². The Morgan fingerprint density at radius 3 is 2.72 bits per heavy atom. The number of rotatable bonds is 9. The van der Waals surface area contributed by atoms with Crippen LogP contribution < -0.4 is 15.4 Å². The van der Waals surface area contributed by atoms with E-state index in [0.29, 0.717) is 24.1 Å². The van der Waals surface area contributed by atoms with Gasteiger partial charge in [0.25, 0.3) is 5.91 Å². The Bertz CT molecular complexity index is 907. The lowest BCUT2D eigenvalue weighted by atomic mass is 10.1. The van der Waals surface area contributed by atoms with Crippen molar-refractivity contribution in [1.82, 2.24) is 20.5 Å². The lowest BCUT2D eigenvalue weighted by molar-refractivity contribution is 0.0827. The first-order valence-corrected chi connectivity index (χ1v) is 11.5. The molecule has 0 atom stereocenters. The number of hydrogen-bond donors (Lipinski definition) is 2. The first-order chi connectivity index (χ1) is 15.5. The summed E-state index contributed by atoms with van der Waals surface area (Å²) in [6.07, 6.45) is 7.60. The zero-order valence-corrected chi connectivity index (χ0v) is 19.4. The van der Waals surface area contributed by atoms with Crippen LogP contribution in [0.25, 0.3) is 0 Å².